The van der Waals surface area contributed by atoms with Crippen LogP contribution in [0.4, 0.5) is 10.5 Å². The summed E-state index contributed by atoms with van der Waals surface area (Å²) in [6, 6.07) is 7.75. The Kier molecular flexibility index (Phi) is 5.49. The third kappa shape index (κ3) is 3.65. The Morgan fingerprint density at radius 2 is 1.94 bits per heavy atom. The second-order valence-electron chi connectivity index (χ2n) is 4.42. The van der Waals surface area contributed by atoms with Gasteiger partial charge in [-0.05, 0) is 25.0 Å². The normalized spacial score (nSPS) is 10.2. The Morgan fingerprint density at radius 3 is 2.50 bits per heavy atom. The lowest BCUT2D eigenvalue weighted by Crippen LogP contribution is -2.41. The molecule has 1 aromatic carbocycles. The minimum atomic E-state index is 0.0580. The van der Waals surface area contributed by atoms with Gasteiger partial charge in [0.15, 0.2) is 0 Å². The fraction of sp³-hybridized carbons (Fsp3) is 0.500. The fourth-order valence-electron chi connectivity index (χ4n) is 1.77. The Hall–Kier alpha value is -1.71. The average Bonchev–Trinajstić information content (AvgIpc) is 2.39. The number of benzene rings is 1. The Balaban J connectivity index is 2.80. The van der Waals surface area contributed by atoms with Gasteiger partial charge in [-0.1, -0.05) is 25.1 Å². The lowest BCUT2D eigenvalue weighted by Gasteiger charge is -2.27. The molecule has 4 nitrogen and oxygen atoms in total. The monoisotopic (exact) mass is 249 g/mol. The van der Waals surface area contributed by atoms with Crippen LogP contribution in [0.1, 0.15) is 25.8 Å². The number of hydrogen-bond acceptors (Lipinski definition) is 2. The molecule has 18 heavy (non-hydrogen) atoms. The van der Waals surface area contributed by atoms with E-state index in [1.54, 1.807) is 4.90 Å². The van der Waals surface area contributed by atoms with Crippen molar-refractivity contribution >= 4 is 11.7 Å². The first kappa shape index (κ1) is 14.4. The summed E-state index contributed by atoms with van der Waals surface area (Å²) in [5, 5.41) is 0. The van der Waals surface area contributed by atoms with Crippen molar-refractivity contribution in [2.24, 2.45) is 0 Å². The maximum atomic E-state index is 12.2. The zero-order valence-corrected chi connectivity index (χ0v) is 11.5. The molecule has 100 valence electrons. The second kappa shape index (κ2) is 6.89. The van der Waals surface area contributed by atoms with Gasteiger partial charge in [0.2, 0.25) is 0 Å². The molecule has 2 amide bonds. The summed E-state index contributed by atoms with van der Waals surface area (Å²) in [5.74, 6) is 0. The molecular formula is C14H23N3O. The molecule has 0 aliphatic rings. The molecule has 1 aromatic rings. The molecule has 0 aliphatic carbocycles. The predicted octanol–water partition coefficient (Wildman–Crippen LogP) is 2.55. The van der Waals surface area contributed by atoms with Crippen LogP contribution in [-0.2, 0) is 6.54 Å². The number of rotatable bonds is 5. The van der Waals surface area contributed by atoms with Gasteiger partial charge in [0, 0.05) is 32.4 Å². The zero-order valence-electron chi connectivity index (χ0n) is 11.5. The number of anilines is 1. The van der Waals surface area contributed by atoms with Crippen LogP contribution in [-0.4, -0.2) is 36.0 Å². The molecule has 0 atom stereocenters. The lowest BCUT2D eigenvalue weighted by atomic mass is 10.1. The topological polar surface area (TPSA) is 49.6 Å². The van der Waals surface area contributed by atoms with Crippen molar-refractivity contribution in [1.82, 2.24) is 9.80 Å². The van der Waals surface area contributed by atoms with Crippen LogP contribution in [0, 0.1) is 0 Å². The van der Waals surface area contributed by atoms with E-state index in [2.05, 4.69) is 6.92 Å². The smallest absolute Gasteiger partial charge is 0.320 e. The largest absolute Gasteiger partial charge is 0.398 e. The number of nitrogen functional groups attached to an aromatic ring is 1. The number of amides is 2. The van der Waals surface area contributed by atoms with E-state index in [1.165, 1.54) is 0 Å². The van der Waals surface area contributed by atoms with E-state index in [0.717, 1.165) is 24.2 Å². The highest BCUT2D eigenvalue weighted by molar-refractivity contribution is 5.74. The lowest BCUT2D eigenvalue weighted by molar-refractivity contribution is 0.162. The van der Waals surface area contributed by atoms with E-state index in [9.17, 15) is 4.79 Å². The molecule has 0 fully saturated rings. The van der Waals surface area contributed by atoms with E-state index < -0.39 is 0 Å². The van der Waals surface area contributed by atoms with Crippen LogP contribution in [0.2, 0.25) is 0 Å². The van der Waals surface area contributed by atoms with Crippen LogP contribution in [0.25, 0.3) is 0 Å². The molecule has 0 heterocycles. The highest BCUT2D eigenvalue weighted by Crippen LogP contribution is 2.14. The summed E-state index contributed by atoms with van der Waals surface area (Å²) >= 11 is 0. The fourth-order valence-corrected chi connectivity index (χ4v) is 1.77. The van der Waals surface area contributed by atoms with Crippen molar-refractivity contribution in [1.29, 1.82) is 0 Å². The van der Waals surface area contributed by atoms with Crippen LogP contribution in [0.15, 0.2) is 24.3 Å². The van der Waals surface area contributed by atoms with E-state index in [1.807, 2.05) is 43.1 Å². The molecule has 0 aromatic heterocycles. The van der Waals surface area contributed by atoms with E-state index in [-0.39, 0.29) is 6.03 Å². The summed E-state index contributed by atoms with van der Waals surface area (Å²) in [4.78, 5) is 15.8. The highest BCUT2D eigenvalue weighted by Gasteiger charge is 2.16. The van der Waals surface area contributed by atoms with Gasteiger partial charge in [0.25, 0.3) is 0 Å². The molecule has 4 heteroatoms. The summed E-state index contributed by atoms with van der Waals surface area (Å²) in [6.45, 7) is 6.07. The summed E-state index contributed by atoms with van der Waals surface area (Å²) in [7, 11) is 1.82. The molecule has 1 rings (SSSR count). The number of nitrogens with two attached hydrogens (primary N) is 1. The van der Waals surface area contributed by atoms with E-state index >= 15 is 0 Å². The standard InChI is InChI=1S/C14H23N3O/c1-4-10-17(14(18)16(3)5-2)11-12-8-6-7-9-13(12)15/h6-9H,4-5,10-11,15H2,1-3H3. The van der Waals surface area contributed by atoms with Crippen molar-refractivity contribution < 1.29 is 4.79 Å². The number of carbonyl (C=O) groups is 1. The van der Waals surface area contributed by atoms with Gasteiger partial charge in [-0.3, -0.25) is 0 Å². The van der Waals surface area contributed by atoms with Crippen LogP contribution >= 0.6 is 0 Å². The zero-order chi connectivity index (χ0) is 13.5. The van der Waals surface area contributed by atoms with Gasteiger partial charge >= 0.3 is 6.03 Å². The van der Waals surface area contributed by atoms with Gasteiger partial charge in [-0.15, -0.1) is 0 Å². The molecular weight excluding hydrogens is 226 g/mol. The number of carbonyl (C=O) groups excluding carboxylic acids is 1. The Bertz CT molecular complexity index is 392. The summed E-state index contributed by atoms with van der Waals surface area (Å²) < 4.78 is 0. The van der Waals surface area contributed by atoms with Crippen molar-refractivity contribution in [2.75, 3.05) is 25.9 Å². The molecule has 0 spiro atoms. The van der Waals surface area contributed by atoms with Crippen molar-refractivity contribution in [3.05, 3.63) is 29.8 Å². The molecule has 0 saturated heterocycles. The maximum absolute atomic E-state index is 12.2. The van der Waals surface area contributed by atoms with Gasteiger partial charge in [0.1, 0.15) is 0 Å². The first-order valence-corrected chi connectivity index (χ1v) is 6.43. The highest BCUT2D eigenvalue weighted by atomic mass is 16.2. The van der Waals surface area contributed by atoms with Gasteiger partial charge in [-0.2, -0.15) is 0 Å². The van der Waals surface area contributed by atoms with Crippen molar-refractivity contribution in [3.8, 4) is 0 Å². The quantitative estimate of drug-likeness (QED) is 0.815. The van der Waals surface area contributed by atoms with Crippen molar-refractivity contribution in [2.45, 2.75) is 26.8 Å². The molecule has 0 unspecified atom stereocenters. The van der Waals surface area contributed by atoms with Crippen LogP contribution in [0.5, 0.6) is 0 Å². The summed E-state index contributed by atoms with van der Waals surface area (Å²) in [6.07, 6.45) is 0.941. The van der Waals surface area contributed by atoms with E-state index in [0.29, 0.717) is 13.1 Å². The number of nitrogens with zero attached hydrogens (tertiary/aromatic N) is 2. The molecule has 2 N–H and O–H groups in total. The average molecular weight is 249 g/mol. The summed E-state index contributed by atoms with van der Waals surface area (Å²) in [5.41, 5.74) is 7.67. The predicted molar refractivity (Wildman–Crippen MR) is 75.3 cm³/mol. The Morgan fingerprint density at radius 1 is 1.28 bits per heavy atom. The third-order valence-corrected chi connectivity index (χ3v) is 2.98. The SMILES string of the molecule is CCCN(Cc1ccccc1N)C(=O)N(C)CC. The first-order chi connectivity index (χ1) is 8.60. The van der Waals surface area contributed by atoms with E-state index in [4.69, 9.17) is 5.73 Å². The molecule has 0 aliphatic heterocycles. The first-order valence-electron chi connectivity index (χ1n) is 6.43. The van der Waals surface area contributed by atoms with Crippen LogP contribution in [0.3, 0.4) is 0 Å². The van der Waals surface area contributed by atoms with Crippen molar-refractivity contribution in [3.63, 3.8) is 0 Å². The van der Waals surface area contributed by atoms with Gasteiger partial charge in [0.05, 0.1) is 0 Å². The minimum Gasteiger partial charge on any atom is -0.398 e. The number of para-hydroxylation sites is 1. The number of hydrogen-bond donors (Lipinski definition) is 1. The van der Waals surface area contributed by atoms with Gasteiger partial charge in [-0.25, -0.2) is 4.79 Å². The third-order valence-electron chi connectivity index (χ3n) is 2.98. The number of urea groups is 1. The Labute approximate surface area is 109 Å². The second-order valence-corrected chi connectivity index (χ2v) is 4.42. The minimum absolute atomic E-state index is 0.0580. The molecule has 0 saturated carbocycles. The van der Waals surface area contributed by atoms with Crippen LogP contribution < -0.4 is 5.73 Å². The van der Waals surface area contributed by atoms with Gasteiger partial charge < -0.3 is 15.5 Å². The maximum Gasteiger partial charge on any atom is 0.320 e. The molecule has 0 bridgehead atoms. The molecule has 0 radical (unpaired) electrons.